The van der Waals surface area contributed by atoms with E-state index in [1.54, 1.807) is 4.90 Å². The first-order valence-electron chi connectivity index (χ1n) is 9.81. The molecule has 6 nitrogen and oxygen atoms in total. The summed E-state index contributed by atoms with van der Waals surface area (Å²) in [5.74, 6) is 1.57. The van der Waals surface area contributed by atoms with Crippen LogP contribution in [0.25, 0.3) is 0 Å². The number of hydrogen-bond acceptors (Lipinski definition) is 5. The molecule has 0 aliphatic carbocycles. The second-order valence-electron chi connectivity index (χ2n) is 7.13. The normalized spacial score (nSPS) is 21.4. The van der Waals surface area contributed by atoms with Crippen LogP contribution in [0, 0.1) is 5.92 Å². The fourth-order valence-electron chi connectivity index (χ4n) is 3.53. The number of carbonyl (C=O) groups excluding carboxylic acids is 1. The van der Waals surface area contributed by atoms with E-state index in [4.69, 9.17) is 9.47 Å². The standard InChI is InChI=1S/C20H31N3O3/c1-2-25-20(24)23-12-10-22(11-13-23)15-17-5-7-19(8-6-17)26-16-18-4-3-9-21-14-18/h5-8,18,21H,2-4,9-16H2,1H3/t18-/m0/s1. The number of piperazine rings is 1. The van der Waals surface area contributed by atoms with Crippen molar-refractivity contribution in [2.24, 2.45) is 5.92 Å². The van der Waals surface area contributed by atoms with Crippen LogP contribution in [0.1, 0.15) is 25.3 Å². The highest BCUT2D eigenvalue weighted by atomic mass is 16.6. The first-order chi connectivity index (χ1) is 12.7. The highest BCUT2D eigenvalue weighted by Gasteiger charge is 2.21. The van der Waals surface area contributed by atoms with Gasteiger partial charge in [-0.05, 0) is 44.0 Å². The van der Waals surface area contributed by atoms with Crippen LogP contribution < -0.4 is 10.1 Å². The minimum absolute atomic E-state index is 0.193. The molecule has 1 amide bonds. The van der Waals surface area contributed by atoms with Crippen LogP contribution in [0.3, 0.4) is 0 Å². The minimum atomic E-state index is -0.193. The van der Waals surface area contributed by atoms with Crippen LogP contribution in [0.5, 0.6) is 5.75 Å². The van der Waals surface area contributed by atoms with E-state index < -0.39 is 0 Å². The van der Waals surface area contributed by atoms with E-state index in [2.05, 4.69) is 34.5 Å². The molecule has 2 fully saturated rings. The Kier molecular flexibility index (Phi) is 7.14. The Morgan fingerprint density at radius 1 is 1.19 bits per heavy atom. The van der Waals surface area contributed by atoms with Gasteiger partial charge in [0.2, 0.25) is 0 Å². The highest BCUT2D eigenvalue weighted by Crippen LogP contribution is 2.17. The van der Waals surface area contributed by atoms with Gasteiger partial charge in [0.1, 0.15) is 5.75 Å². The van der Waals surface area contributed by atoms with Gasteiger partial charge in [0.15, 0.2) is 0 Å². The van der Waals surface area contributed by atoms with Crippen molar-refractivity contribution in [1.82, 2.24) is 15.1 Å². The molecule has 2 saturated heterocycles. The molecule has 1 aromatic rings. The van der Waals surface area contributed by atoms with Gasteiger partial charge in [-0.15, -0.1) is 0 Å². The number of ether oxygens (including phenoxy) is 2. The van der Waals surface area contributed by atoms with Crippen molar-refractivity contribution < 1.29 is 14.3 Å². The van der Waals surface area contributed by atoms with E-state index >= 15 is 0 Å². The molecule has 3 rings (SSSR count). The molecule has 26 heavy (non-hydrogen) atoms. The third-order valence-corrected chi connectivity index (χ3v) is 5.11. The monoisotopic (exact) mass is 361 g/mol. The molecule has 0 saturated carbocycles. The van der Waals surface area contributed by atoms with Crippen molar-refractivity contribution in [3.05, 3.63) is 29.8 Å². The third kappa shape index (κ3) is 5.61. The van der Waals surface area contributed by atoms with Crippen LogP contribution in [0.15, 0.2) is 24.3 Å². The van der Waals surface area contributed by atoms with Gasteiger partial charge in [-0.3, -0.25) is 4.90 Å². The molecule has 1 N–H and O–H groups in total. The first-order valence-corrected chi connectivity index (χ1v) is 9.81. The summed E-state index contributed by atoms with van der Waals surface area (Å²) >= 11 is 0. The van der Waals surface area contributed by atoms with Gasteiger partial charge in [-0.1, -0.05) is 12.1 Å². The van der Waals surface area contributed by atoms with Crippen molar-refractivity contribution in [3.8, 4) is 5.75 Å². The second kappa shape index (κ2) is 9.78. The average molecular weight is 361 g/mol. The van der Waals surface area contributed by atoms with Gasteiger partial charge in [-0.25, -0.2) is 4.79 Å². The highest BCUT2D eigenvalue weighted by molar-refractivity contribution is 5.67. The van der Waals surface area contributed by atoms with Crippen LogP contribution in [-0.4, -0.2) is 68.4 Å². The van der Waals surface area contributed by atoms with Crippen molar-refractivity contribution >= 4 is 6.09 Å². The predicted octanol–water partition coefficient (Wildman–Crippen LogP) is 2.34. The fourth-order valence-corrected chi connectivity index (χ4v) is 3.53. The number of nitrogens with zero attached hydrogens (tertiary/aromatic N) is 2. The predicted molar refractivity (Wildman–Crippen MR) is 101 cm³/mol. The molecule has 1 atom stereocenters. The van der Waals surface area contributed by atoms with Crippen molar-refractivity contribution in [2.45, 2.75) is 26.3 Å². The zero-order valence-corrected chi connectivity index (χ0v) is 15.8. The summed E-state index contributed by atoms with van der Waals surface area (Å²) in [6.07, 6.45) is 2.31. The van der Waals surface area contributed by atoms with Gasteiger partial charge in [-0.2, -0.15) is 0 Å². The maximum absolute atomic E-state index is 11.7. The summed E-state index contributed by atoms with van der Waals surface area (Å²) in [6.45, 7) is 9.40. The molecular formula is C20H31N3O3. The van der Waals surface area contributed by atoms with Gasteiger partial charge >= 0.3 is 6.09 Å². The number of piperidine rings is 1. The molecule has 0 aromatic heterocycles. The van der Waals surface area contributed by atoms with Crippen LogP contribution in [0.4, 0.5) is 4.79 Å². The topological polar surface area (TPSA) is 54.0 Å². The smallest absolute Gasteiger partial charge is 0.409 e. The molecule has 0 bridgehead atoms. The molecule has 2 aliphatic rings. The number of benzene rings is 1. The number of nitrogens with one attached hydrogen (secondary N) is 1. The molecule has 0 spiro atoms. The second-order valence-corrected chi connectivity index (χ2v) is 7.13. The molecule has 1 aromatic carbocycles. The maximum atomic E-state index is 11.7. The summed E-state index contributed by atoms with van der Waals surface area (Å²) in [7, 11) is 0. The Balaban J connectivity index is 1.39. The Bertz CT molecular complexity index is 550. The molecule has 0 radical (unpaired) electrons. The van der Waals surface area contributed by atoms with E-state index in [-0.39, 0.29) is 6.09 Å². The van der Waals surface area contributed by atoms with Gasteiger partial charge in [0, 0.05) is 45.2 Å². The maximum Gasteiger partial charge on any atom is 0.409 e. The van der Waals surface area contributed by atoms with Gasteiger partial charge < -0.3 is 19.7 Å². The number of carbonyl (C=O) groups is 1. The lowest BCUT2D eigenvalue weighted by Gasteiger charge is -2.34. The van der Waals surface area contributed by atoms with E-state index in [0.29, 0.717) is 12.5 Å². The summed E-state index contributed by atoms with van der Waals surface area (Å²) in [5, 5.41) is 3.42. The average Bonchev–Trinajstić information content (AvgIpc) is 2.69. The van der Waals surface area contributed by atoms with Crippen molar-refractivity contribution in [1.29, 1.82) is 0 Å². The number of hydrogen-bond donors (Lipinski definition) is 1. The SMILES string of the molecule is CCOC(=O)N1CCN(Cc2ccc(OC[C@H]3CCCNC3)cc2)CC1. The lowest BCUT2D eigenvalue weighted by Crippen LogP contribution is -2.48. The van der Waals surface area contributed by atoms with E-state index in [0.717, 1.165) is 58.2 Å². The van der Waals surface area contributed by atoms with Crippen molar-refractivity contribution in [2.75, 3.05) is 52.5 Å². The molecule has 0 unspecified atom stereocenters. The Morgan fingerprint density at radius 2 is 1.96 bits per heavy atom. The zero-order chi connectivity index (χ0) is 18.2. The number of rotatable bonds is 6. The Labute approximate surface area is 156 Å². The summed E-state index contributed by atoms with van der Waals surface area (Å²) < 4.78 is 11.0. The van der Waals surface area contributed by atoms with Crippen LogP contribution in [-0.2, 0) is 11.3 Å². The number of amides is 1. The first kappa shape index (κ1) is 19.0. The quantitative estimate of drug-likeness (QED) is 0.843. The van der Waals surface area contributed by atoms with E-state index in [1.165, 1.54) is 18.4 Å². The summed E-state index contributed by atoms with van der Waals surface area (Å²) in [5.41, 5.74) is 1.28. The van der Waals surface area contributed by atoms with Crippen molar-refractivity contribution in [3.63, 3.8) is 0 Å². The van der Waals surface area contributed by atoms with E-state index in [1.807, 2.05) is 6.92 Å². The van der Waals surface area contributed by atoms with Gasteiger partial charge in [0.05, 0.1) is 13.2 Å². The van der Waals surface area contributed by atoms with Gasteiger partial charge in [0.25, 0.3) is 0 Å². The molecule has 2 aliphatic heterocycles. The lowest BCUT2D eigenvalue weighted by molar-refractivity contribution is 0.0778. The van der Waals surface area contributed by atoms with E-state index in [9.17, 15) is 4.79 Å². The molecule has 6 heteroatoms. The van der Waals surface area contributed by atoms with Crippen LogP contribution in [0.2, 0.25) is 0 Å². The summed E-state index contributed by atoms with van der Waals surface area (Å²) in [6, 6.07) is 8.43. The molecule has 144 valence electrons. The molecular weight excluding hydrogens is 330 g/mol. The minimum Gasteiger partial charge on any atom is -0.493 e. The zero-order valence-electron chi connectivity index (χ0n) is 15.8. The fraction of sp³-hybridized carbons (Fsp3) is 0.650. The Morgan fingerprint density at radius 3 is 2.62 bits per heavy atom. The third-order valence-electron chi connectivity index (χ3n) is 5.11. The summed E-state index contributed by atoms with van der Waals surface area (Å²) in [4.78, 5) is 15.9. The van der Waals surface area contributed by atoms with Crippen LogP contribution >= 0.6 is 0 Å². The lowest BCUT2D eigenvalue weighted by atomic mass is 10.0. The Hall–Kier alpha value is -1.79. The molecule has 2 heterocycles. The largest absolute Gasteiger partial charge is 0.493 e.